The van der Waals surface area contributed by atoms with Gasteiger partial charge in [-0.2, -0.15) is 0 Å². The first-order valence-electron chi connectivity index (χ1n) is 6.74. The molecule has 0 saturated heterocycles. The minimum Gasteiger partial charge on any atom is -0.392 e. The maximum Gasteiger partial charge on any atom is 0.312 e. The largest absolute Gasteiger partial charge is 0.392 e. The number of hydrogen-bond acceptors (Lipinski definition) is 3. The van der Waals surface area contributed by atoms with Crippen LogP contribution in [0.15, 0.2) is 0 Å². The summed E-state index contributed by atoms with van der Waals surface area (Å²) in [4.78, 5) is 23.2. The lowest BCUT2D eigenvalue weighted by Crippen LogP contribution is -2.64. The molecule has 1 rings (SSSR count). The molecule has 110 valence electrons. The highest BCUT2D eigenvalue weighted by atomic mass is 16.3. The first-order valence-corrected chi connectivity index (χ1v) is 6.74. The molecule has 1 aliphatic carbocycles. The molecule has 0 aromatic rings. The van der Waals surface area contributed by atoms with Crippen molar-refractivity contribution in [3.8, 4) is 0 Å². The van der Waals surface area contributed by atoms with Crippen LogP contribution < -0.4 is 16.4 Å². The van der Waals surface area contributed by atoms with Gasteiger partial charge in [-0.15, -0.1) is 0 Å². The van der Waals surface area contributed by atoms with E-state index in [1.165, 1.54) is 0 Å². The zero-order valence-corrected chi connectivity index (χ0v) is 12.1. The lowest BCUT2D eigenvalue weighted by atomic mass is 9.64. The van der Waals surface area contributed by atoms with Crippen LogP contribution in [0, 0.1) is 11.3 Å². The second-order valence-corrected chi connectivity index (χ2v) is 6.01. The van der Waals surface area contributed by atoms with Crippen molar-refractivity contribution in [3.05, 3.63) is 0 Å². The highest BCUT2D eigenvalue weighted by Gasteiger charge is 2.48. The summed E-state index contributed by atoms with van der Waals surface area (Å²) in [5.41, 5.74) is 4.78. The number of carbonyl (C=O) groups excluding carboxylic acids is 2. The molecule has 0 spiro atoms. The molecule has 1 aliphatic rings. The Labute approximate surface area is 114 Å². The second-order valence-electron chi connectivity index (χ2n) is 6.01. The Morgan fingerprint density at radius 1 is 1.47 bits per heavy atom. The third-order valence-corrected chi connectivity index (χ3v) is 4.33. The van der Waals surface area contributed by atoms with Crippen LogP contribution in [0.2, 0.25) is 0 Å². The normalized spacial score (nSPS) is 27.8. The molecular formula is C13H25N3O3. The summed E-state index contributed by atoms with van der Waals surface area (Å²) >= 11 is 0. The van der Waals surface area contributed by atoms with Gasteiger partial charge in [0.2, 0.25) is 5.91 Å². The first kappa shape index (κ1) is 15.8. The summed E-state index contributed by atoms with van der Waals surface area (Å²) in [7, 11) is 0. The van der Waals surface area contributed by atoms with Gasteiger partial charge in [0, 0.05) is 11.5 Å². The van der Waals surface area contributed by atoms with Gasteiger partial charge in [-0.3, -0.25) is 4.79 Å². The Hall–Kier alpha value is -1.30. The van der Waals surface area contributed by atoms with E-state index in [1.807, 2.05) is 27.7 Å². The number of nitrogens with one attached hydrogen (secondary N) is 2. The molecule has 0 heterocycles. The van der Waals surface area contributed by atoms with E-state index in [0.717, 1.165) is 6.42 Å². The van der Waals surface area contributed by atoms with Crippen molar-refractivity contribution in [2.24, 2.45) is 17.1 Å². The highest BCUT2D eigenvalue weighted by molar-refractivity contribution is 5.87. The van der Waals surface area contributed by atoms with Crippen molar-refractivity contribution in [3.63, 3.8) is 0 Å². The monoisotopic (exact) mass is 271 g/mol. The predicted molar refractivity (Wildman–Crippen MR) is 72.3 cm³/mol. The van der Waals surface area contributed by atoms with Crippen molar-refractivity contribution in [1.29, 1.82) is 0 Å². The van der Waals surface area contributed by atoms with Crippen molar-refractivity contribution in [2.75, 3.05) is 0 Å². The van der Waals surface area contributed by atoms with E-state index in [1.54, 1.807) is 0 Å². The van der Waals surface area contributed by atoms with Crippen molar-refractivity contribution in [2.45, 2.75) is 58.7 Å². The number of nitrogens with two attached hydrogens (primary N) is 1. The Bertz CT molecular complexity index is 357. The summed E-state index contributed by atoms with van der Waals surface area (Å²) in [5, 5.41) is 15.0. The van der Waals surface area contributed by atoms with Crippen LogP contribution in [0.4, 0.5) is 4.79 Å². The van der Waals surface area contributed by atoms with E-state index >= 15 is 0 Å². The van der Waals surface area contributed by atoms with Gasteiger partial charge in [0.15, 0.2) is 0 Å². The van der Waals surface area contributed by atoms with E-state index in [9.17, 15) is 14.7 Å². The molecule has 0 bridgehead atoms. The summed E-state index contributed by atoms with van der Waals surface area (Å²) in [5.74, 6) is -0.237. The molecular weight excluding hydrogens is 246 g/mol. The first-order chi connectivity index (χ1) is 8.70. The van der Waals surface area contributed by atoms with Crippen LogP contribution >= 0.6 is 0 Å². The lowest BCUT2D eigenvalue weighted by molar-refractivity contribution is -0.132. The van der Waals surface area contributed by atoms with Gasteiger partial charge in [0.05, 0.1) is 6.10 Å². The second kappa shape index (κ2) is 5.77. The van der Waals surface area contributed by atoms with Crippen LogP contribution in [0.1, 0.15) is 40.5 Å². The van der Waals surface area contributed by atoms with E-state index in [2.05, 4.69) is 10.6 Å². The molecule has 6 nitrogen and oxygen atoms in total. The molecule has 19 heavy (non-hydrogen) atoms. The Morgan fingerprint density at radius 2 is 2.05 bits per heavy atom. The molecule has 5 N–H and O–H groups in total. The van der Waals surface area contributed by atoms with E-state index in [-0.39, 0.29) is 23.3 Å². The van der Waals surface area contributed by atoms with E-state index < -0.39 is 18.2 Å². The Balaban J connectivity index is 2.65. The molecule has 1 fully saturated rings. The number of aliphatic hydroxyl groups excluding tert-OH is 1. The van der Waals surface area contributed by atoms with Crippen molar-refractivity contribution >= 4 is 11.9 Å². The number of hydrogen-bond donors (Lipinski definition) is 4. The summed E-state index contributed by atoms with van der Waals surface area (Å²) in [6.07, 6.45) is 0.904. The third-order valence-electron chi connectivity index (χ3n) is 4.33. The smallest absolute Gasteiger partial charge is 0.312 e. The number of rotatable bonds is 5. The molecule has 4 atom stereocenters. The van der Waals surface area contributed by atoms with Crippen LogP contribution in [0.3, 0.4) is 0 Å². The van der Waals surface area contributed by atoms with Gasteiger partial charge in [0.1, 0.15) is 6.04 Å². The van der Waals surface area contributed by atoms with E-state index in [4.69, 9.17) is 5.73 Å². The summed E-state index contributed by atoms with van der Waals surface area (Å²) in [6, 6.07) is -1.40. The van der Waals surface area contributed by atoms with Crippen molar-refractivity contribution < 1.29 is 14.7 Å². The minimum absolute atomic E-state index is 0.000567. The maximum atomic E-state index is 12.2. The molecule has 6 heteroatoms. The molecule has 0 aromatic carbocycles. The van der Waals surface area contributed by atoms with Gasteiger partial charge >= 0.3 is 6.03 Å². The SMILES string of the molecule is CCC(C)C(NC(N)=O)C(=O)NC1CC(O)C1(C)C. The average Bonchev–Trinajstić information content (AvgIpc) is 2.34. The minimum atomic E-state index is -0.701. The highest BCUT2D eigenvalue weighted by Crippen LogP contribution is 2.40. The molecule has 0 aliphatic heterocycles. The molecule has 1 saturated carbocycles. The van der Waals surface area contributed by atoms with Gasteiger partial charge in [-0.1, -0.05) is 34.1 Å². The molecule has 0 radical (unpaired) electrons. The lowest BCUT2D eigenvalue weighted by Gasteiger charge is -2.49. The van der Waals surface area contributed by atoms with Gasteiger partial charge in [-0.05, 0) is 12.3 Å². The summed E-state index contributed by atoms with van der Waals surface area (Å²) in [6.45, 7) is 7.66. The third kappa shape index (κ3) is 3.37. The van der Waals surface area contributed by atoms with Crippen LogP contribution in [-0.2, 0) is 4.79 Å². The predicted octanol–water partition coefficient (Wildman–Crippen LogP) is 0.345. The van der Waals surface area contributed by atoms with Crippen LogP contribution in [-0.4, -0.2) is 35.2 Å². The van der Waals surface area contributed by atoms with E-state index in [0.29, 0.717) is 6.42 Å². The number of carbonyl (C=O) groups is 2. The topological polar surface area (TPSA) is 104 Å². The average molecular weight is 271 g/mol. The Kier molecular flexibility index (Phi) is 4.79. The summed E-state index contributed by atoms with van der Waals surface area (Å²) < 4.78 is 0. The number of primary amides is 1. The quantitative estimate of drug-likeness (QED) is 0.579. The zero-order chi connectivity index (χ0) is 14.8. The standard InChI is InChI=1S/C13H25N3O3/c1-5-7(2)10(16-12(14)19)11(18)15-8-6-9(17)13(8,3)4/h7-10,17H,5-6H2,1-4H3,(H,15,18)(H3,14,16,19). The fraction of sp³-hybridized carbons (Fsp3) is 0.846. The molecule has 4 unspecified atom stereocenters. The number of urea groups is 1. The van der Waals surface area contributed by atoms with Crippen LogP contribution in [0.5, 0.6) is 0 Å². The fourth-order valence-corrected chi connectivity index (χ4v) is 2.26. The van der Waals surface area contributed by atoms with Crippen molar-refractivity contribution in [1.82, 2.24) is 10.6 Å². The fourth-order valence-electron chi connectivity index (χ4n) is 2.26. The van der Waals surface area contributed by atoms with Gasteiger partial charge in [0.25, 0.3) is 0 Å². The molecule has 0 aromatic heterocycles. The van der Waals surface area contributed by atoms with Gasteiger partial charge < -0.3 is 21.5 Å². The van der Waals surface area contributed by atoms with Crippen LogP contribution in [0.25, 0.3) is 0 Å². The Morgan fingerprint density at radius 3 is 2.42 bits per heavy atom. The zero-order valence-electron chi connectivity index (χ0n) is 12.1. The maximum absolute atomic E-state index is 12.2. The molecule has 3 amide bonds. The number of aliphatic hydroxyl groups is 1. The number of amides is 3. The van der Waals surface area contributed by atoms with Gasteiger partial charge in [-0.25, -0.2) is 4.79 Å².